The van der Waals surface area contributed by atoms with Gasteiger partial charge in [0.05, 0.1) is 0 Å². The van der Waals surface area contributed by atoms with Gasteiger partial charge in [-0.3, -0.25) is 4.79 Å². The number of nitrogens with zero attached hydrogens (tertiary/aromatic N) is 2. The van der Waals surface area contributed by atoms with Crippen LogP contribution in [0.5, 0.6) is 0 Å². The maximum atomic E-state index is 11.1. The summed E-state index contributed by atoms with van der Waals surface area (Å²) in [4.78, 5) is 16.5. The van der Waals surface area contributed by atoms with Crippen molar-refractivity contribution in [1.82, 2.24) is 10.2 Å². The van der Waals surface area contributed by atoms with Crippen molar-refractivity contribution in [1.29, 1.82) is 0 Å². The molecule has 0 aliphatic carbocycles. The Balaban J connectivity index is 3.82. The zero-order chi connectivity index (χ0) is 11.1. The van der Waals surface area contributed by atoms with Gasteiger partial charge in [0.1, 0.15) is 6.54 Å². The number of amides is 1. The van der Waals surface area contributed by atoms with Crippen molar-refractivity contribution >= 4 is 11.9 Å². The van der Waals surface area contributed by atoms with Crippen LogP contribution in [-0.4, -0.2) is 44.0 Å². The van der Waals surface area contributed by atoms with E-state index in [0.29, 0.717) is 11.9 Å². The first-order valence-electron chi connectivity index (χ1n) is 4.67. The lowest BCUT2D eigenvalue weighted by atomic mass is 10.2. The molecule has 0 saturated heterocycles. The van der Waals surface area contributed by atoms with Gasteiger partial charge in [0, 0.05) is 20.6 Å². The second-order valence-electron chi connectivity index (χ2n) is 3.76. The third-order valence-electron chi connectivity index (χ3n) is 1.57. The average Bonchev–Trinajstić information content (AvgIpc) is 2.10. The fourth-order valence-electron chi connectivity index (χ4n) is 0.659. The number of nitrogens with two attached hydrogens (primary N) is 1. The minimum absolute atomic E-state index is 0.0562. The summed E-state index contributed by atoms with van der Waals surface area (Å²) in [5.41, 5.74) is 5.54. The summed E-state index contributed by atoms with van der Waals surface area (Å²) < 4.78 is 0. The lowest BCUT2D eigenvalue weighted by Crippen LogP contribution is -2.35. The molecule has 3 N–H and O–H groups in total. The molecule has 5 nitrogen and oxygen atoms in total. The van der Waals surface area contributed by atoms with Gasteiger partial charge >= 0.3 is 0 Å². The second kappa shape index (κ2) is 6.23. The third-order valence-corrected chi connectivity index (χ3v) is 1.57. The highest BCUT2D eigenvalue weighted by Gasteiger charge is 2.02. The fraction of sp³-hybridized carbons (Fsp3) is 0.778. The number of nitrogens with one attached hydrogen (secondary N) is 1. The fourth-order valence-corrected chi connectivity index (χ4v) is 0.659. The second-order valence-corrected chi connectivity index (χ2v) is 3.76. The smallest absolute Gasteiger partial charge is 0.243 e. The number of aliphatic imine (C=N–C) groups is 1. The number of carbonyl (C=O) groups excluding carboxylic acids is 1. The van der Waals surface area contributed by atoms with E-state index >= 15 is 0 Å². The molecule has 0 radical (unpaired) electrons. The molecule has 0 spiro atoms. The number of hydrogen-bond donors (Lipinski definition) is 2. The van der Waals surface area contributed by atoms with Gasteiger partial charge in [0.25, 0.3) is 0 Å². The van der Waals surface area contributed by atoms with Gasteiger partial charge in [0.2, 0.25) is 5.91 Å². The quantitative estimate of drug-likeness (QED) is 0.480. The Morgan fingerprint density at radius 1 is 1.50 bits per heavy atom. The van der Waals surface area contributed by atoms with E-state index in [4.69, 9.17) is 5.73 Å². The Kier molecular flexibility index (Phi) is 5.67. The molecule has 0 unspecified atom stereocenters. The molecule has 82 valence electrons. The zero-order valence-corrected chi connectivity index (χ0v) is 9.37. The molecule has 0 aromatic rings. The number of likely N-dealkylation sites (N-methyl/N-ethyl adjacent to an activating group) is 1. The highest BCUT2D eigenvalue weighted by atomic mass is 16.2. The zero-order valence-electron chi connectivity index (χ0n) is 9.37. The maximum Gasteiger partial charge on any atom is 0.243 e. The third kappa shape index (κ3) is 6.28. The van der Waals surface area contributed by atoms with Gasteiger partial charge < -0.3 is 16.0 Å². The van der Waals surface area contributed by atoms with Crippen molar-refractivity contribution in [2.24, 2.45) is 16.6 Å². The Labute approximate surface area is 85.4 Å². The molecule has 0 saturated carbocycles. The van der Waals surface area contributed by atoms with E-state index in [-0.39, 0.29) is 12.5 Å². The average molecular weight is 200 g/mol. The predicted octanol–water partition coefficient (Wildman–Crippen LogP) is -0.365. The first kappa shape index (κ1) is 12.7. The first-order valence-corrected chi connectivity index (χ1v) is 4.67. The standard InChI is InChI=1S/C9H20N4O/c1-7(2)5-11-9(10)12-6-8(14)13(3)4/h7H,5-6H2,1-4H3,(H3,10,11,12). The number of carbonyl (C=O) groups is 1. The van der Waals surface area contributed by atoms with Gasteiger partial charge in [0.15, 0.2) is 5.96 Å². The van der Waals surface area contributed by atoms with Gasteiger partial charge in [-0.25, -0.2) is 4.99 Å². The molecule has 1 amide bonds. The molecule has 14 heavy (non-hydrogen) atoms. The topological polar surface area (TPSA) is 70.7 Å². The minimum Gasteiger partial charge on any atom is -0.370 e. The number of rotatable bonds is 4. The molecule has 0 aliphatic heterocycles. The van der Waals surface area contributed by atoms with Crippen LogP contribution in [0.4, 0.5) is 0 Å². The monoisotopic (exact) mass is 200 g/mol. The van der Waals surface area contributed by atoms with Crippen LogP contribution in [0.3, 0.4) is 0 Å². The minimum atomic E-state index is -0.0562. The maximum absolute atomic E-state index is 11.1. The molecule has 0 fully saturated rings. The summed E-state index contributed by atoms with van der Waals surface area (Å²) in [5, 5.41) is 2.93. The summed E-state index contributed by atoms with van der Waals surface area (Å²) in [6.07, 6.45) is 0. The Hall–Kier alpha value is -1.26. The lowest BCUT2D eigenvalue weighted by Gasteiger charge is -2.09. The van der Waals surface area contributed by atoms with Crippen molar-refractivity contribution in [2.75, 3.05) is 27.2 Å². The predicted molar refractivity (Wildman–Crippen MR) is 58.0 cm³/mol. The molecule has 0 aromatic carbocycles. The highest BCUT2D eigenvalue weighted by molar-refractivity contribution is 5.83. The van der Waals surface area contributed by atoms with Crippen molar-refractivity contribution in [3.8, 4) is 0 Å². The van der Waals surface area contributed by atoms with Crippen LogP contribution in [0.15, 0.2) is 4.99 Å². The van der Waals surface area contributed by atoms with E-state index in [1.165, 1.54) is 4.90 Å². The summed E-state index contributed by atoms with van der Waals surface area (Å²) >= 11 is 0. The number of hydrogen-bond acceptors (Lipinski definition) is 2. The van der Waals surface area contributed by atoms with Crippen molar-refractivity contribution in [3.63, 3.8) is 0 Å². The van der Waals surface area contributed by atoms with Crippen molar-refractivity contribution < 1.29 is 4.79 Å². The van der Waals surface area contributed by atoms with E-state index in [1.807, 2.05) is 0 Å². The lowest BCUT2D eigenvalue weighted by molar-refractivity contribution is -0.127. The largest absolute Gasteiger partial charge is 0.370 e. The molecular formula is C9H20N4O. The summed E-state index contributed by atoms with van der Waals surface area (Å²) in [6.45, 7) is 5.02. The summed E-state index contributed by atoms with van der Waals surface area (Å²) in [7, 11) is 3.38. The molecule has 0 aromatic heterocycles. The highest BCUT2D eigenvalue weighted by Crippen LogP contribution is 1.86. The Morgan fingerprint density at radius 2 is 2.07 bits per heavy atom. The Bertz CT molecular complexity index is 211. The molecule has 0 bridgehead atoms. The summed E-state index contributed by atoms with van der Waals surface area (Å²) in [5.74, 6) is 0.779. The molecule has 0 heterocycles. The van der Waals surface area contributed by atoms with Crippen LogP contribution in [0, 0.1) is 5.92 Å². The molecule has 0 rings (SSSR count). The van der Waals surface area contributed by atoms with E-state index < -0.39 is 0 Å². The molecule has 0 aliphatic rings. The SMILES string of the molecule is CC(C)CNC(N)=NCC(=O)N(C)C. The van der Waals surface area contributed by atoms with Crippen LogP contribution < -0.4 is 11.1 Å². The van der Waals surface area contributed by atoms with E-state index in [9.17, 15) is 4.79 Å². The van der Waals surface area contributed by atoms with E-state index in [1.54, 1.807) is 14.1 Å². The summed E-state index contributed by atoms with van der Waals surface area (Å²) in [6, 6.07) is 0. The Morgan fingerprint density at radius 3 is 2.50 bits per heavy atom. The van der Waals surface area contributed by atoms with Crippen LogP contribution in [0.2, 0.25) is 0 Å². The van der Waals surface area contributed by atoms with Crippen molar-refractivity contribution in [3.05, 3.63) is 0 Å². The van der Waals surface area contributed by atoms with Crippen LogP contribution in [0.25, 0.3) is 0 Å². The number of guanidine groups is 1. The normalized spacial score (nSPS) is 11.6. The first-order chi connectivity index (χ1) is 6.43. The van der Waals surface area contributed by atoms with Crippen LogP contribution >= 0.6 is 0 Å². The van der Waals surface area contributed by atoms with E-state index in [2.05, 4.69) is 24.2 Å². The molecular weight excluding hydrogens is 180 g/mol. The van der Waals surface area contributed by atoms with Crippen LogP contribution in [0.1, 0.15) is 13.8 Å². The van der Waals surface area contributed by atoms with Gasteiger partial charge in [-0.1, -0.05) is 13.8 Å². The van der Waals surface area contributed by atoms with Crippen molar-refractivity contribution in [2.45, 2.75) is 13.8 Å². The van der Waals surface area contributed by atoms with Gasteiger partial charge in [-0.15, -0.1) is 0 Å². The van der Waals surface area contributed by atoms with Crippen LogP contribution in [-0.2, 0) is 4.79 Å². The van der Waals surface area contributed by atoms with E-state index in [0.717, 1.165) is 6.54 Å². The van der Waals surface area contributed by atoms with Gasteiger partial charge in [-0.05, 0) is 5.92 Å². The molecule has 0 atom stereocenters. The molecule has 5 heteroatoms. The van der Waals surface area contributed by atoms with Gasteiger partial charge in [-0.2, -0.15) is 0 Å².